The van der Waals surface area contributed by atoms with Crippen LogP contribution in [0.5, 0.6) is 0 Å². The van der Waals surface area contributed by atoms with Gasteiger partial charge in [0.2, 0.25) is 0 Å². The van der Waals surface area contributed by atoms with Crippen molar-refractivity contribution in [2.24, 2.45) is 5.73 Å². The molecule has 1 aromatic heterocycles. The molecule has 0 saturated heterocycles. The Labute approximate surface area is 105 Å². The molecule has 1 aliphatic rings. The number of rotatable bonds is 2. The van der Waals surface area contributed by atoms with Crippen molar-refractivity contribution < 1.29 is 9.21 Å². The average Bonchev–Trinajstić information content (AvgIpc) is 2.92. The van der Waals surface area contributed by atoms with Gasteiger partial charge < -0.3 is 10.2 Å². The molecule has 1 heterocycles. The van der Waals surface area contributed by atoms with Gasteiger partial charge in [-0.1, -0.05) is 6.42 Å². The second-order valence-corrected chi connectivity index (χ2v) is 4.99. The van der Waals surface area contributed by atoms with Gasteiger partial charge in [-0.3, -0.25) is 4.79 Å². The SMILES string of the molecule is CC(=O)c1ccc2oc(C3CCCC3N)nc2c1. The third-order valence-electron chi connectivity index (χ3n) is 3.70. The Balaban J connectivity index is 2.02. The van der Waals surface area contributed by atoms with Crippen molar-refractivity contribution in [3.05, 3.63) is 29.7 Å². The third kappa shape index (κ3) is 1.82. The molecule has 2 unspecified atom stereocenters. The minimum atomic E-state index is 0.0408. The van der Waals surface area contributed by atoms with E-state index in [2.05, 4.69) is 4.98 Å². The number of benzene rings is 1. The number of fused-ring (bicyclic) bond motifs is 1. The monoisotopic (exact) mass is 244 g/mol. The van der Waals surface area contributed by atoms with Crippen molar-refractivity contribution >= 4 is 16.9 Å². The molecule has 0 bridgehead atoms. The van der Waals surface area contributed by atoms with Crippen LogP contribution in [0.1, 0.15) is 48.4 Å². The maximum Gasteiger partial charge on any atom is 0.200 e. The highest BCUT2D eigenvalue weighted by molar-refractivity contribution is 5.96. The first-order chi connectivity index (χ1) is 8.65. The zero-order chi connectivity index (χ0) is 12.7. The summed E-state index contributed by atoms with van der Waals surface area (Å²) in [5.41, 5.74) is 8.20. The number of nitrogens with zero attached hydrogens (tertiary/aromatic N) is 1. The van der Waals surface area contributed by atoms with E-state index in [4.69, 9.17) is 10.2 Å². The molecule has 4 nitrogen and oxygen atoms in total. The smallest absolute Gasteiger partial charge is 0.200 e. The van der Waals surface area contributed by atoms with Crippen LogP contribution in [0.25, 0.3) is 11.1 Å². The van der Waals surface area contributed by atoms with E-state index in [1.807, 2.05) is 6.07 Å². The van der Waals surface area contributed by atoms with E-state index in [9.17, 15) is 4.79 Å². The first-order valence-corrected chi connectivity index (χ1v) is 6.32. The van der Waals surface area contributed by atoms with Gasteiger partial charge in [0.1, 0.15) is 5.52 Å². The molecule has 2 aromatic rings. The van der Waals surface area contributed by atoms with Crippen LogP contribution < -0.4 is 5.73 Å². The number of Topliss-reactive ketones (excluding diaryl/α,β-unsaturated/α-hetero) is 1. The molecule has 3 rings (SSSR count). The maximum atomic E-state index is 11.3. The highest BCUT2D eigenvalue weighted by Crippen LogP contribution is 2.34. The Morgan fingerprint density at radius 1 is 1.44 bits per heavy atom. The molecule has 0 amide bonds. The van der Waals surface area contributed by atoms with E-state index in [1.165, 1.54) is 0 Å². The Bertz CT molecular complexity index is 603. The van der Waals surface area contributed by atoms with Gasteiger partial charge in [-0.25, -0.2) is 4.98 Å². The fourth-order valence-corrected chi connectivity index (χ4v) is 2.62. The van der Waals surface area contributed by atoms with E-state index < -0.39 is 0 Å². The number of carbonyl (C=O) groups is 1. The standard InChI is InChI=1S/C14H16N2O2/c1-8(17)9-5-6-13-12(7-9)16-14(18-13)10-3-2-4-11(10)15/h5-7,10-11H,2-4,15H2,1H3. The third-order valence-corrected chi connectivity index (χ3v) is 3.70. The van der Waals surface area contributed by atoms with Crippen LogP contribution in [-0.2, 0) is 0 Å². The minimum absolute atomic E-state index is 0.0408. The number of aromatic nitrogens is 1. The van der Waals surface area contributed by atoms with Gasteiger partial charge in [0.15, 0.2) is 17.3 Å². The molecule has 0 radical (unpaired) electrons. The fourth-order valence-electron chi connectivity index (χ4n) is 2.62. The molecular weight excluding hydrogens is 228 g/mol. The van der Waals surface area contributed by atoms with Gasteiger partial charge in [0.05, 0.1) is 5.92 Å². The number of nitrogens with two attached hydrogens (primary N) is 1. The lowest BCUT2D eigenvalue weighted by molar-refractivity contribution is 0.101. The highest BCUT2D eigenvalue weighted by atomic mass is 16.3. The van der Waals surface area contributed by atoms with Crippen molar-refractivity contribution in [1.82, 2.24) is 4.98 Å². The van der Waals surface area contributed by atoms with Gasteiger partial charge in [0.25, 0.3) is 0 Å². The number of hydrogen-bond acceptors (Lipinski definition) is 4. The van der Waals surface area contributed by atoms with E-state index >= 15 is 0 Å². The van der Waals surface area contributed by atoms with Crippen LogP contribution >= 0.6 is 0 Å². The molecule has 1 aromatic carbocycles. The molecular formula is C14H16N2O2. The van der Waals surface area contributed by atoms with Crippen LogP contribution in [-0.4, -0.2) is 16.8 Å². The summed E-state index contributed by atoms with van der Waals surface area (Å²) in [7, 11) is 0. The van der Waals surface area contributed by atoms with Gasteiger partial charge in [-0.2, -0.15) is 0 Å². The van der Waals surface area contributed by atoms with Crippen LogP contribution in [0.15, 0.2) is 22.6 Å². The highest BCUT2D eigenvalue weighted by Gasteiger charge is 2.29. The Kier molecular flexibility index (Phi) is 2.67. The first kappa shape index (κ1) is 11.4. The second kappa shape index (κ2) is 4.21. The van der Waals surface area contributed by atoms with Gasteiger partial charge in [-0.15, -0.1) is 0 Å². The molecule has 1 saturated carbocycles. The summed E-state index contributed by atoms with van der Waals surface area (Å²) >= 11 is 0. The number of oxazole rings is 1. The Morgan fingerprint density at radius 3 is 2.94 bits per heavy atom. The Morgan fingerprint density at radius 2 is 2.28 bits per heavy atom. The molecule has 94 valence electrons. The lowest BCUT2D eigenvalue weighted by Gasteiger charge is -2.09. The molecule has 1 aliphatic carbocycles. The molecule has 2 atom stereocenters. The number of carbonyl (C=O) groups excluding carboxylic acids is 1. The summed E-state index contributed by atoms with van der Waals surface area (Å²) in [6.07, 6.45) is 3.19. The van der Waals surface area contributed by atoms with E-state index in [0.29, 0.717) is 5.56 Å². The van der Waals surface area contributed by atoms with Crippen molar-refractivity contribution in [1.29, 1.82) is 0 Å². The topological polar surface area (TPSA) is 69.1 Å². The van der Waals surface area contributed by atoms with Crippen LogP contribution in [0.3, 0.4) is 0 Å². The quantitative estimate of drug-likeness (QED) is 0.824. The molecule has 0 spiro atoms. The summed E-state index contributed by atoms with van der Waals surface area (Å²) in [5, 5.41) is 0. The predicted molar refractivity (Wildman–Crippen MR) is 68.6 cm³/mol. The Hall–Kier alpha value is -1.68. The molecule has 0 aliphatic heterocycles. The first-order valence-electron chi connectivity index (χ1n) is 6.32. The molecule has 2 N–H and O–H groups in total. The van der Waals surface area contributed by atoms with Crippen molar-refractivity contribution in [2.75, 3.05) is 0 Å². The normalized spacial score (nSPS) is 23.7. The lowest BCUT2D eigenvalue weighted by Crippen LogP contribution is -2.22. The van der Waals surface area contributed by atoms with E-state index in [-0.39, 0.29) is 17.7 Å². The van der Waals surface area contributed by atoms with E-state index in [1.54, 1.807) is 19.1 Å². The van der Waals surface area contributed by atoms with Crippen LogP contribution in [0, 0.1) is 0 Å². The molecule has 1 fully saturated rings. The predicted octanol–water partition coefficient (Wildman–Crippen LogP) is 2.63. The molecule has 4 heteroatoms. The van der Waals surface area contributed by atoms with E-state index in [0.717, 1.165) is 36.3 Å². The summed E-state index contributed by atoms with van der Waals surface area (Å²) in [5.74, 6) is 0.980. The summed E-state index contributed by atoms with van der Waals surface area (Å²) in [4.78, 5) is 15.8. The summed E-state index contributed by atoms with van der Waals surface area (Å²) < 4.78 is 5.75. The lowest BCUT2D eigenvalue weighted by atomic mass is 10.1. The second-order valence-electron chi connectivity index (χ2n) is 4.99. The van der Waals surface area contributed by atoms with Crippen molar-refractivity contribution in [3.63, 3.8) is 0 Å². The zero-order valence-corrected chi connectivity index (χ0v) is 10.3. The summed E-state index contributed by atoms with van der Waals surface area (Å²) in [6, 6.07) is 5.51. The number of hydrogen-bond donors (Lipinski definition) is 1. The largest absolute Gasteiger partial charge is 0.440 e. The van der Waals surface area contributed by atoms with Crippen molar-refractivity contribution in [3.8, 4) is 0 Å². The zero-order valence-electron chi connectivity index (χ0n) is 10.3. The van der Waals surface area contributed by atoms with Crippen LogP contribution in [0.2, 0.25) is 0 Å². The maximum absolute atomic E-state index is 11.3. The van der Waals surface area contributed by atoms with Gasteiger partial charge in [-0.05, 0) is 38.0 Å². The minimum Gasteiger partial charge on any atom is -0.440 e. The fraction of sp³-hybridized carbons (Fsp3) is 0.429. The van der Waals surface area contributed by atoms with Gasteiger partial charge in [0, 0.05) is 11.6 Å². The van der Waals surface area contributed by atoms with Crippen LogP contribution in [0.4, 0.5) is 0 Å². The van der Waals surface area contributed by atoms with Gasteiger partial charge >= 0.3 is 0 Å². The number of ketones is 1. The average molecular weight is 244 g/mol. The molecule has 18 heavy (non-hydrogen) atoms. The summed E-state index contributed by atoms with van der Waals surface area (Å²) in [6.45, 7) is 1.55. The van der Waals surface area contributed by atoms with Crippen molar-refractivity contribution in [2.45, 2.75) is 38.1 Å².